The van der Waals surface area contributed by atoms with Crippen molar-refractivity contribution in [3.8, 4) is 5.69 Å². The van der Waals surface area contributed by atoms with E-state index < -0.39 is 0 Å². The van der Waals surface area contributed by atoms with E-state index in [1.54, 1.807) is 10.9 Å². The van der Waals surface area contributed by atoms with Gasteiger partial charge in [-0.2, -0.15) is 5.10 Å². The summed E-state index contributed by atoms with van der Waals surface area (Å²) in [4.78, 5) is 16.6. The largest absolute Gasteiger partial charge is 0.310 e. The molecule has 0 bridgehead atoms. The van der Waals surface area contributed by atoms with Gasteiger partial charge in [0.2, 0.25) is 5.91 Å². The highest BCUT2D eigenvalue weighted by molar-refractivity contribution is 7.99. The maximum atomic E-state index is 12.2. The van der Waals surface area contributed by atoms with Crippen LogP contribution in [-0.4, -0.2) is 31.0 Å². The molecule has 2 aromatic heterocycles. The van der Waals surface area contributed by atoms with E-state index in [9.17, 15) is 4.79 Å². The van der Waals surface area contributed by atoms with E-state index in [2.05, 4.69) is 53.5 Å². The third-order valence-corrected chi connectivity index (χ3v) is 5.01. The third kappa shape index (κ3) is 4.16. The van der Waals surface area contributed by atoms with Gasteiger partial charge in [-0.25, -0.2) is 4.98 Å². The standard InChI is InChI=1S/C19H23N5OS/c1-13(2)15-5-7-16(8-6-15)24-10-9-20-19(24)26-12-18(25)21-17-11-14(3)22-23(17)4/h5-11,13H,12H2,1-4H3,(H,21,25). The summed E-state index contributed by atoms with van der Waals surface area (Å²) in [6.45, 7) is 6.25. The van der Waals surface area contributed by atoms with Crippen molar-refractivity contribution in [3.05, 3.63) is 54.0 Å². The number of rotatable bonds is 6. The molecule has 0 saturated heterocycles. The van der Waals surface area contributed by atoms with E-state index >= 15 is 0 Å². The number of nitrogens with one attached hydrogen (secondary N) is 1. The van der Waals surface area contributed by atoms with Gasteiger partial charge in [-0.3, -0.25) is 14.0 Å². The molecule has 7 heteroatoms. The average molecular weight is 369 g/mol. The minimum atomic E-state index is -0.0808. The zero-order chi connectivity index (χ0) is 18.7. The normalized spacial score (nSPS) is 11.1. The van der Waals surface area contributed by atoms with Gasteiger partial charge < -0.3 is 5.32 Å². The van der Waals surface area contributed by atoms with Crippen LogP contribution < -0.4 is 5.32 Å². The molecule has 2 heterocycles. The van der Waals surface area contributed by atoms with Crippen LogP contribution in [0.15, 0.2) is 47.9 Å². The van der Waals surface area contributed by atoms with Crippen molar-refractivity contribution < 1.29 is 4.79 Å². The Kier molecular flexibility index (Phi) is 5.46. The molecule has 1 N–H and O–H groups in total. The summed E-state index contributed by atoms with van der Waals surface area (Å²) in [5.41, 5.74) is 3.21. The molecule has 0 saturated carbocycles. The number of nitrogens with zero attached hydrogens (tertiary/aromatic N) is 4. The minimum absolute atomic E-state index is 0.0808. The monoisotopic (exact) mass is 369 g/mol. The number of hydrogen-bond acceptors (Lipinski definition) is 4. The van der Waals surface area contributed by atoms with Crippen molar-refractivity contribution in [1.82, 2.24) is 19.3 Å². The number of hydrogen-bond donors (Lipinski definition) is 1. The number of aryl methyl sites for hydroxylation is 2. The highest BCUT2D eigenvalue weighted by atomic mass is 32.2. The van der Waals surface area contributed by atoms with Gasteiger partial charge in [0, 0.05) is 31.2 Å². The first-order chi connectivity index (χ1) is 12.4. The Bertz CT molecular complexity index is 895. The summed E-state index contributed by atoms with van der Waals surface area (Å²) in [5.74, 6) is 1.40. The summed E-state index contributed by atoms with van der Waals surface area (Å²) in [6.07, 6.45) is 3.66. The van der Waals surface area contributed by atoms with Crippen molar-refractivity contribution in [3.63, 3.8) is 0 Å². The summed E-state index contributed by atoms with van der Waals surface area (Å²) in [6, 6.07) is 10.3. The van der Waals surface area contributed by atoms with E-state index in [0.29, 0.717) is 11.7 Å². The molecule has 0 aliphatic carbocycles. The van der Waals surface area contributed by atoms with Crippen molar-refractivity contribution in [2.45, 2.75) is 31.8 Å². The molecule has 0 spiro atoms. The molecule has 0 aliphatic rings. The van der Waals surface area contributed by atoms with E-state index in [0.717, 1.165) is 16.5 Å². The lowest BCUT2D eigenvalue weighted by atomic mass is 10.0. The van der Waals surface area contributed by atoms with E-state index in [4.69, 9.17) is 0 Å². The zero-order valence-corrected chi connectivity index (χ0v) is 16.2. The molecule has 136 valence electrons. The predicted molar refractivity (Wildman–Crippen MR) is 105 cm³/mol. The lowest BCUT2D eigenvalue weighted by Gasteiger charge is -2.10. The zero-order valence-electron chi connectivity index (χ0n) is 15.4. The number of carbonyl (C=O) groups is 1. The topological polar surface area (TPSA) is 64.7 Å². The van der Waals surface area contributed by atoms with Crippen LogP contribution in [-0.2, 0) is 11.8 Å². The number of benzene rings is 1. The van der Waals surface area contributed by atoms with Crippen molar-refractivity contribution in [2.24, 2.45) is 7.05 Å². The van der Waals surface area contributed by atoms with Gasteiger partial charge in [0.05, 0.1) is 11.4 Å². The Morgan fingerprint density at radius 2 is 2.00 bits per heavy atom. The number of anilines is 1. The number of aromatic nitrogens is 4. The lowest BCUT2D eigenvalue weighted by Crippen LogP contribution is -2.16. The van der Waals surface area contributed by atoms with Gasteiger partial charge in [0.25, 0.3) is 0 Å². The Balaban J connectivity index is 1.65. The van der Waals surface area contributed by atoms with E-state index in [1.807, 2.05) is 30.8 Å². The lowest BCUT2D eigenvalue weighted by molar-refractivity contribution is -0.113. The van der Waals surface area contributed by atoms with Crippen molar-refractivity contribution in [2.75, 3.05) is 11.1 Å². The van der Waals surface area contributed by atoms with Crippen LogP contribution in [0, 0.1) is 6.92 Å². The molecule has 0 fully saturated rings. The Labute approximate surface area is 157 Å². The molecule has 3 rings (SSSR count). The van der Waals surface area contributed by atoms with Gasteiger partial charge in [0.15, 0.2) is 5.16 Å². The van der Waals surface area contributed by atoms with Crippen LogP contribution in [0.2, 0.25) is 0 Å². The number of carbonyl (C=O) groups excluding carboxylic acids is 1. The van der Waals surface area contributed by atoms with Crippen LogP contribution in [0.4, 0.5) is 5.82 Å². The second-order valence-corrected chi connectivity index (χ2v) is 7.40. The first kappa shape index (κ1) is 18.3. The first-order valence-electron chi connectivity index (χ1n) is 8.51. The fraction of sp³-hybridized carbons (Fsp3) is 0.316. The maximum Gasteiger partial charge on any atom is 0.235 e. The third-order valence-electron chi connectivity index (χ3n) is 4.05. The van der Waals surface area contributed by atoms with E-state index in [-0.39, 0.29) is 11.7 Å². The molecule has 1 amide bonds. The second-order valence-electron chi connectivity index (χ2n) is 6.46. The van der Waals surface area contributed by atoms with Gasteiger partial charge >= 0.3 is 0 Å². The Morgan fingerprint density at radius 1 is 1.27 bits per heavy atom. The summed E-state index contributed by atoms with van der Waals surface area (Å²) >= 11 is 1.41. The second kappa shape index (κ2) is 7.78. The van der Waals surface area contributed by atoms with Crippen LogP contribution >= 0.6 is 11.8 Å². The SMILES string of the molecule is Cc1cc(NC(=O)CSc2nccn2-c2ccc(C(C)C)cc2)n(C)n1. The van der Waals surface area contributed by atoms with Crippen LogP contribution in [0.1, 0.15) is 31.0 Å². The molecule has 0 aliphatic heterocycles. The number of imidazole rings is 1. The molecule has 6 nitrogen and oxygen atoms in total. The molecule has 26 heavy (non-hydrogen) atoms. The van der Waals surface area contributed by atoms with Crippen molar-refractivity contribution >= 4 is 23.5 Å². The highest BCUT2D eigenvalue weighted by Gasteiger charge is 2.11. The average Bonchev–Trinajstić information content (AvgIpc) is 3.19. The minimum Gasteiger partial charge on any atom is -0.310 e. The maximum absolute atomic E-state index is 12.2. The van der Waals surface area contributed by atoms with Crippen LogP contribution in [0.5, 0.6) is 0 Å². The highest BCUT2D eigenvalue weighted by Crippen LogP contribution is 2.22. The van der Waals surface area contributed by atoms with Gasteiger partial charge in [-0.15, -0.1) is 0 Å². The molecule has 0 unspecified atom stereocenters. The smallest absolute Gasteiger partial charge is 0.235 e. The molecule has 0 radical (unpaired) electrons. The fourth-order valence-corrected chi connectivity index (χ4v) is 3.42. The number of thioether (sulfide) groups is 1. The summed E-state index contributed by atoms with van der Waals surface area (Å²) in [7, 11) is 1.81. The molecule has 1 aromatic carbocycles. The van der Waals surface area contributed by atoms with Crippen LogP contribution in [0.3, 0.4) is 0 Å². The quantitative estimate of drug-likeness (QED) is 0.672. The summed E-state index contributed by atoms with van der Waals surface area (Å²) < 4.78 is 3.66. The van der Waals surface area contributed by atoms with Crippen LogP contribution in [0.25, 0.3) is 5.69 Å². The fourth-order valence-electron chi connectivity index (χ4n) is 2.65. The predicted octanol–water partition coefficient (Wildman–Crippen LogP) is 3.77. The Hall–Kier alpha value is -2.54. The molecular weight excluding hydrogens is 346 g/mol. The number of amides is 1. The van der Waals surface area contributed by atoms with Gasteiger partial charge in [-0.05, 0) is 30.5 Å². The Morgan fingerprint density at radius 3 is 2.62 bits per heavy atom. The molecular formula is C19H23N5OS. The van der Waals surface area contributed by atoms with E-state index in [1.165, 1.54) is 17.3 Å². The van der Waals surface area contributed by atoms with Gasteiger partial charge in [-0.1, -0.05) is 37.7 Å². The first-order valence-corrected chi connectivity index (χ1v) is 9.49. The molecule has 3 aromatic rings. The summed E-state index contributed by atoms with van der Waals surface area (Å²) in [5, 5.41) is 7.89. The molecule has 0 atom stereocenters. The van der Waals surface area contributed by atoms with Gasteiger partial charge in [0.1, 0.15) is 5.82 Å². The van der Waals surface area contributed by atoms with Crippen molar-refractivity contribution in [1.29, 1.82) is 0 Å².